The molecule has 1 aliphatic rings. The molecule has 0 spiro atoms. The molecule has 0 amide bonds. The van der Waals surface area contributed by atoms with Crippen molar-refractivity contribution >= 4 is 11.8 Å². The third-order valence-electron chi connectivity index (χ3n) is 3.98. The molecule has 2 rings (SSSR count). The van der Waals surface area contributed by atoms with Gasteiger partial charge in [0.2, 0.25) is 5.95 Å². The Bertz CT molecular complexity index is 481. The van der Waals surface area contributed by atoms with Crippen LogP contribution in [0.15, 0.2) is 6.07 Å². The first-order valence-electron chi connectivity index (χ1n) is 6.65. The van der Waals surface area contributed by atoms with Crippen LogP contribution in [0.5, 0.6) is 0 Å². The molecule has 2 N–H and O–H groups in total. The van der Waals surface area contributed by atoms with E-state index in [-0.39, 0.29) is 17.2 Å². The highest BCUT2D eigenvalue weighted by molar-refractivity contribution is 5.43. The van der Waals surface area contributed by atoms with Crippen molar-refractivity contribution in [3.05, 3.63) is 11.8 Å². The van der Waals surface area contributed by atoms with Gasteiger partial charge in [-0.15, -0.1) is 0 Å². The van der Waals surface area contributed by atoms with Gasteiger partial charge in [0.15, 0.2) is 5.69 Å². The molecule has 1 aromatic rings. The lowest BCUT2D eigenvalue weighted by Gasteiger charge is -2.20. The van der Waals surface area contributed by atoms with Gasteiger partial charge in [-0.2, -0.15) is 18.2 Å². The van der Waals surface area contributed by atoms with Crippen molar-refractivity contribution in [3.8, 4) is 0 Å². The lowest BCUT2D eigenvalue weighted by atomic mass is 9.92. The minimum atomic E-state index is -4.47. The highest BCUT2D eigenvalue weighted by Gasteiger charge is 2.45. The molecule has 20 heavy (non-hydrogen) atoms. The summed E-state index contributed by atoms with van der Waals surface area (Å²) < 4.78 is 38.3. The van der Waals surface area contributed by atoms with E-state index in [0.717, 1.165) is 18.9 Å². The molecule has 1 heterocycles. The van der Waals surface area contributed by atoms with Crippen molar-refractivity contribution in [1.82, 2.24) is 9.97 Å². The summed E-state index contributed by atoms with van der Waals surface area (Å²) >= 11 is 0. The SMILES string of the molecule is CNc1nc(NCC2(C(C)C)CC2)cc(C(F)(F)F)n1. The second-order valence-corrected chi connectivity index (χ2v) is 5.58. The normalized spacial score (nSPS) is 17.1. The van der Waals surface area contributed by atoms with Crippen molar-refractivity contribution in [2.75, 3.05) is 24.2 Å². The first-order chi connectivity index (χ1) is 9.27. The Morgan fingerprint density at radius 1 is 1.30 bits per heavy atom. The maximum absolute atomic E-state index is 12.8. The molecule has 0 bridgehead atoms. The molecular formula is C13H19F3N4. The monoisotopic (exact) mass is 288 g/mol. The zero-order valence-electron chi connectivity index (χ0n) is 11.8. The summed E-state index contributed by atoms with van der Waals surface area (Å²) in [6, 6.07) is 0.956. The number of halogens is 3. The summed E-state index contributed by atoms with van der Waals surface area (Å²) in [5.41, 5.74) is -0.739. The van der Waals surface area contributed by atoms with Crippen LogP contribution in [0.3, 0.4) is 0 Å². The second-order valence-electron chi connectivity index (χ2n) is 5.58. The Morgan fingerprint density at radius 2 is 1.95 bits per heavy atom. The number of rotatable bonds is 5. The van der Waals surface area contributed by atoms with Crippen molar-refractivity contribution in [2.24, 2.45) is 11.3 Å². The van der Waals surface area contributed by atoms with Crippen LogP contribution < -0.4 is 10.6 Å². The average Bonchev–Trinajstić information content (AvgIpc) is 3.16. The van der Waals surface area contributed by atoms with Crippen LogP contribution in [0.25, 0.3) is 0 Å². The molecule has 112 valence electrons. The van der Waals surface area contributed by atoms with E-state index in [9.17, 15) is 13.2 Å². The minimum Gasteiger partial charge on any atom is -0.369 e. The number of anilines is 2. The highest BCUT2D eigenvalue weighted by atomic mass is 19.4. The van der Waals surface area contributed by atoms with Gasteiger partial charge in [-0.3, -0.25) is 0 Å². The van der Waals surface area contributed by atoms with Crippen LogP contribution in [0.1, 0.15) is 32.4 Å². The fourth-order valence-electron chi connectivity index (χ4n) is 2.18. The zero-order chi connectivity index (χ0) is 15.0. The number of nitrogens with zero attached hydrogens (tertiary/aromatic N) is 2. The lowest BCUT2D eigenvalue weighted by Crippen LogP contribution is -2.22. The van der Waals surface area contributed by atoms with E-state index < -0.39 is 11.9 Å². The van der Waals surface area contributed by atoms with Gasteiger partial charge in [-0.05, 0) is 24.2 Å². The quantitative estimate of drug-likeness (QED) is 0.872. The number of nitrogens with one attached hydrogen (secondary N) is 2. The summed E-state index contributed by atoms with van der Waals surface area (Å²) in [7, 11) is 1.50. The standard InChI is InChI=1S/C13H19F3N4/c1-8(2)12(4-5-12)7-18-10-6-9(13(14,15)16)19-11(17-3)20-10/h6,8H,4-5,7H2,1-3H3,(H2,17,18,19,20). The number of aromatic nitrogens is 2. The molecule has 0 radical (unpaired) electrons. The molecule has 1 saturated carbocycles. The van der Waals surface area contributed by atoms with Crippen molar-refractivity contribution in [1.29, 1.82) is 0 Å². The number of hydrogen-bond acceptors (Lipinski definition) is 4. The van der Waals surface area contributed by atoms with E-state index in [4.69, 9.17) is 0 Å². The molecule has 0 atom stereocenters. The topological polar surface area (TPSA) is 49.8 Å². The maximum atomic E-state index is 12.8. The average molecular weight is 288 g/mol. The molecule has 1 aromatic heterocycles. The van der Waals surface area contributed by atoms with Crippen LogP contribution >= 0.6 is 0 Å². The largest absolute Gasteiger partial charge is 0.433 e. The summed E-state index contributed by atoms with van der Waals surface area (Å²) in [6.07, 6.45) is -2.26. The van der Waals surface area contributed by atoms with Crippen molar-refractivity contribution in [2.45, 2.75) is 32.9 Å². The van der Waals surface area contributed by atoms with E-state index in [1.807, 2.05) is 0 Å². The fraction of sp³-hybridized carbons (Fsp3) is 0.692. The molecule has 0 saturated heterocycles. The van der Waals surface area contributed by atoms with E-state index in [1.54, 1.807) is 0 Å². The summed E-state index contributed by atoms with van der Waals surface area (Å²) in [5, 5.41) is 5.58. The fourth-order valence-corrected chi connectivity index (χ4v) is 2.18. The van der Waals surface area contributed by atoms with Gasteiger partial charge >= 0.3 is 6.18 Å². The molecule has 1 aliphatic carbocycles. The summed E-state index contributed by atoms with van der Waals surface area (Å²) in [6.45, 7) is 4.91. The Labute approximate surface area is 116 Å². The van der Waals surface area contributed by atoms with Crippen LogP contribution in [0, 0.1) is 11.3 Å². The van der Waals surface area contributed by atoms with E-state index >= 15 is 0 Å². The van der Waals surface area contributed by atoms with Crippen LogP contribution in [-0.2, 0) is 6.18 Å². The van der Waals surface area contributed by atoms with Gasteiger partial charge < -0.3 is 10.6 Å². The highest BCUT2D eigenvalue weighted by Crippen LogP contribution is 2.51. The molecular weight excluding hydrogens is 269 g/mol. The van der Waals surface area contributed by atoms with Gasteiger partial charge in [0.1, 0.15) is 5.82 Å². The first kappa shape index (κ1) is 14.9. The third-order valence-corrected chi connectivity index (χ3v) is 3.98. The van der Waals surface area contributed by atoms with Crippen LogP contribution in [0.4, 0.5) is 24.9 Å². The molecule has 4 nitrogen and oxygen atoms in total. The summed E-state index contributed by atoms with van der Waals surface area (Å²) in [5.74, 6) is 0.683. The van der Waals surface area contributed by atoms with Crippen molar-refractivity contribution in [3.63, 3.8) is 0 Å². The Kier molecular flexibility index (Phi) is 3.80. The van der Waals surface area contributed by atoms with Gasteiger partial charge in [0, 0.05) is 19.7 Å². The smallest absolute Gasteiger partial charge is 0.369 e. The lowest BCUT2D eigenvalue weighted by molar-refractivity contribution is -0.141. The van der Waals surface area contributed by atoms with Crippen LogP contribution in [-0.4, -0.2) is 23.6 Å². The molecule has 0 aliphatic heterocycles. The van der Waals surface area contributed by atoms with Gasteiger partial charge in [0.05, 0.1) is 0 Å². The van der Waals surface area contributed by atoms with E-state index in [1.165, 1.54) is 7.05 Å². The predicted molar refractivity (Wildman–Crippen MR) is 71.6 cm³/mol. The second kappa shape index (κ2) is 5.10. The third kappa shape index (κ3) is 3.13. The number of alkyl halides is 3. The van der Waals surface area contributed by atoms with Crippen molar-refractivity contribution < 1.29 is 13.2 Å². The van der Waals surface area contributed by atoms with Crippen LogP contribution in [0.2, 0.25) is 0 Å². The molecule has 1 fully saturated rings. The zero-order valence-corrected chi connectivity index (χ0v) is 11.8. The Hall–Kier alpha value is -1.53. The Balaban J connectivity index is 2.15. The molecule has 7 heteroatoms. The summed E-state index contributed by atoms with van der Waals surface area (Å²) in [4.78, 5) is 7.45. The first-order valence-corrected chi connectivity index (χ1v) is 6.65. The molecule has 0 aromatic carbocycles. The predicted octanol–water partition coefficient (Wildman–Crippen LogP) is 3.39. The minimum absolute atomic E-state index is 0.0308. The van der Waals surface area contributed by atoms with Gasteiger partial charge in [-0.1, -0.05) is 13.8 Å². The van der Waals surface area contributed by atoms with E-state index in [0.29, 0.717) is 12.5 Å². The molecule has 0 unspecified atom stereocenters. The van der Waals surface area contributed by atoms with Gasteiger partial charge in [0.25, 0.3) is 0 Å². The van der Waals surface area contributed by atoms with Gasteiger partial charge in [-0.25, -0.2) is 4.98 Å². The maximum Gasteiger partial charge on any atom is 0.433 e. The van der Waals surface area contributed by atoms with E-state index in [2.05, 4.69) is 34.4 Å². The number of hydrogen-bond donors (Lipinski definition) is 2. The Morgan fingerprint density at radius 3 is 2.40 bits per heavy atom.